The lowest BCUT2D eigenvalue weighted by atomic mass is 10.1. The van der Waals surface area contributed by atoms with E-state index in [1.807, 2.05) is 60.7 Å². The van der Waals surface area contributed by atoms with E-state index < -0.39 is 0 Å². The fraction of sp³-hybridized carbons (Fsp3) is 0.208. The molecule has 3 aromatic rings. The van der Waals surface area contributed by atoms with Crippen molar-refractivity contribution < 1.29 is 9.53 Å². The first-order valence-corrected chi connectivity index (χ1v) is 9.53. The Morgan fingerprint density at radius 1 is 0.704 bits per heavy atom. The number of hydrogen-bond acceptors (Lipinski definition) is 3. The topological polar surface area (TPSA) is 29.5 Å². The summed E-state index contributed by atoms with van der Waals surface area (Å²) in [6.07, 6.45) is 4.16. The molecule has 136 valence electrons. The van der Waals surface area contributed by atoms with E-state index in [4.69, 9.17) is 4.74 Å². The molecule has 0 heterocycles. The lowest BCUT2D eigenvalue weighted by Crippen LogP contribution is -2.17. The molecule has 0 unspecified atom stereocenters. The van der Waals surface area contributed by atoms with Crippen LogP contribution in [0.15, 0.2) is 84.9 Å². The lowest BCUT2D eigenvalue weighted by molar-refractivity contribution is -0.138. The minimum atomic E-state index is -0.0942. The van der Waals surface area contributed by atoms with Gasteiger partial charge in [0.1, 0.15) is 5.75 Å². The number of benzene rings is 3. The molecule has 1 aliphatic carbocycles. The summed E-state index contributed by atoms with van der Waals surface area (Å²) >= 11 is 0. The highest BCUT2D eigenvalue weighted by Gasteiger charge is 2.24. The number of ether oxygens (including phenoxy) is 1. The second kappa shape index (κ2) is 8.09. The van der Waals surface area contributed by atoms with Gasteiger partial charge in [-0.25, -0.2) is 0 Å². The average Bonchev–Trinajstić information content (AvgIpc) is 3.26. The van der Waals surface area contributed by atoms with Crippen molar-refractivity contribution in [3.8, 4) is 5.75 Å². The number of nitrogens with zero attached hydrogens (tertiary/aromatic N) is 1. The zero-order valence-electron chi connectivity index (χ0n) is 15.3. The van der Waals surface area contributed by atoms with Crippen LogP contribution in [0.1, 0.15) is 25.7 Å². The molecular weight excluding hydrogens is 334 g/mol. The fourth-order valence-electron chi connectivity index (χ4n) is 3.63. The summed E-state index contributed by atoms with van der Waals surface area (Å²) in [6, 6.07) is 28.2. The largest absolute Gasteiger partial charge is 0.426 e. The van der Waals surface area contributed by atoms with Crippen molar-refractivity contribution in [2.45, 2.75) is 25.7 Å². The molecule has 0 amide bonds. The molecule has 4 rings (SSSR count). The molecule has 0 saturated heterocycles. The van der Waals surface area contributed by atoms with Crippen molar-refractivity contribution in [2.75, 3.05) is 4.90 Å². The Labute approximate surface area is 160 Å². The van der Waals surface area contributed by atoms with Gasteiger partial charge >= 0.3 is 5.97 Å². The van der Waals surface area contributed by atoms with Gasteiger partial charge in [0.05, 0.1) is 5.92 Å². The summed E-state index contributed by atoms with van der Waals surface area (Å²) in [5.41, 5.74) is 3.19. The molecule has 27 heavy (non-hydrogen) atoms. The maximum atomic E-state index is 12.2. The fourth-order valence-corrected chi connectivity index (χ4v) is 3.63. The molecule has 0 N–H and O–H groups in total. The van der Waals surface area contributed by atoms with Crippen LogP contribution in [0.3, 0.4) is 0 Å². The number of esters is 1. The minimum absolute atomic E-state index is 0.0646. The molecular formula is C24H23NO2. The van der Waals surface area contributed by atoms with E-state index in [0.29, 0.717) is 5.75 Å². The quantitative estimate of drug-likeness (QED) is 0.399. The summed E-state index contributed by atoms with van der Waals surface area (Å²) in [6.45, 7) is 0. The van der Waals surface area contributed by atoms with Gasteiger partial charge in [0.2, 0.25) is 0 Å². The second-order valence-corrected chi connectivity index (χ2v) is 6.90. The molecule has 0 aromatic heterocycles. The van der Waals surface area contributed by atoms with Crippen LogP contribution in [0.2, 0.25) is 0 Å². The number of para-hydroxylation sites is 2. The Morgan fingerprint density at radius 2 is 1.19 bits per heavy atom. The second-order valence-electron chi connectivity index (χ2n) is 6.90. The van der Waals surface area contributed by atoms with Crippen molar-refractivity contribution in [2.24, 2.45) is 5.92 Å². The first kappa shape index (κ1) is 17.3. The van der Waals surface area contributed by atoms with Crippen LogP contribution in [0, 0.1) is 5.92 Å². The predicted molar refractivity (Wildman–Crippen MR) is 109 cm³/mol. The summed E-state index contributed by atoms with van der Waals surface area (Å²) in [5, 5.41) is 0. The maximum absolute atomic E-state index is 12.2. The molecule has 1 aliphatic rings. The molecule has 3 aromatic carbocycles. The first-order valence-electron chi connectivity index (χ1n) is 9.53. The number of carbonyl (C=O) groups is 1. The van der Waals surface area contributed by atoms with E-state index in [1.165, 1.54) is 0 Å². The zero-order chi connectivity index (χ0) is 18.5. The monoisotopic (exact) mass is 357 g/mol. The van der Waals surface area contributed by atoms with Crippen LogP contribution in [0.25, 0.3) is 0 Å². The molecule has 0 bridgehead atoms. The van der Waals surface area contributed by atoms with Crippen LogP contribution >= 0.6 is 0 Å². The van der Waals surface area contributed by atoms with Crippen molar-refractivity contribution in [3.63, 3.8) is 0 Å². The average molecular weight is 357 g/mol. The first-order chi connectivity index (χ1) is 13.3. The van der Waals surface area contributed by atoms with E-state index in [0.717, 1.165) is 42.7 Å². The number of rotatable bonds is 5. The normalized spacial score (nSPS) is 14.1. The van der Waals surface area contributed by atoms with Crippen molar-refractivity contribution in [1.82, 2.24) is 0 Å². The Morgan fingerprint density at radius 3 is 1.70 bits per heavy atom. The molecule has 3 nitrogen and oxygen atoms in total. The van der Waals surface area contributed by atoms with Crippen LogP contribution in [0.4, 0.5) is 17.1 Å². The number of hydrogen-bond donors (Lipinski definition) is 0. The van der Waals surface area contributed by atoms with Gasteiger partial charge < -0.3 is 9.64 Å². The molecule has 0 radical (unpaired) electrons. The highest BCUT2D eigenvalue weighted by molar-refractivity contribution is 5.78. The minimum Gasteiger partial charge on any atom is -0.426 e. The van der Waals surface area contributed by atoms with E-state index in [9.17, 15) is 4.79 Å². The number of carbonyl (C=O) groups excluding carboxylic acids is 1. The summed E-state index contributed by atoms with van der Waals surface area (Å²) in [4.78, 5) is 14.4. The molecule has 1 fully saturated rings. The lowest BCUT2D eigenvalue weighted by Gasteiger charge is -2.25. The standard InChI is InChI=1S/C24H23NO2/c26-24(19-9-7-8-10-19)27-23-17-15-22(16-18-23)25(20-11-3-1-4-12-20)21-13-5-2-6-14-21/h1-6,11-19H,7-10H2. The summed E-state index contributed by atoms with van der Waals surface area (Å²) < 4.78 is 5.59. The maximum Gasteiger partial charge on any atom is 0.314 e. The van der Waals surface area contributed by atoms with E-state index in [1.54, 1.807) is 0 Å². The molecule has 3 heteroatoms. The SMILES string of the molecule is O=C(Oc1ccc(N(c2ccccc2)c2ccccc2)cc1)C1CCCC1. The third kappa shape index (κ3) is 4.03. The highest BCUT2D eigenvalue weighted by atomic mass is 16.5. The van der Waals surface area contributed by atoms with Gasteiger partial charge in [-0.05, 0) is 61.4 Å². The zero-order valence-corrected chi connectivity index (χ0v) is 15.3. The van der Waals surface area contributed by atoms with E-state index >= 15 is 0 Å². The van der Waals surface area contributed by atoms with Gasteiger partial charge in [-0.2, -0.15) is 0 Å². The Hall–Kier alpha value is -3.07. The van der Waals surface area contributed by atoms with Crippen molar-refractivity contribution >= 4 is 23.0 Å². The molecule has 0 aliphatic heterocycles. The van der Waals surface area contributed by atoms with Gasteiger partial charge in [-0.1, -0.05) is 49.2 Å². The van der Waals surface area contributed by atoms with Crippen molar-refractivity contribution in [1.29, 1.82) is 0 Å². The Kier molecular flexibility index (Phi) is 5.20. The van der Waals surface area contributed by atoms with Gasteiger partial charge in [0.25, 0.3) is 0 Å². The van der Waals surface area contributed by atoms with Crippen LogP contribution in [-0.2, 0) is 4.79 Å². The Balaban J connectivity index is 1.58. The third-order valence-corrected chi connectivity index (χ3v) is 5.03. The number of anilines is 3. The Bertz CT molecular complexity index is 830. The van der Waals surface area contributed by atoms with E-state index in [2.05, 4.69) is 29.2 Å². The van der Waals surface area contributed by atoms with Gasteiger partial charge in [0, 0.05) is 17.1 Å². The summed E-state index contributed by atoms with van der Waals surface area (Å²) in [7, 11) is 0. The molecule has 0 atom stereocenters. The van der Waals surface area contributed by atoms with Gasteiger partial charge in [-0.3, -0.25) is 4.79 Å². The smallest absolute Gasteiger partial charge is 0.314 e. The van der Waals surface area contributed by atoms with Crippen LogP contribution < -0.4 is 9.64 Å². The van der Waals surface area contributed by atoms with Gasteiger partial charge in [0.15, 0.2) is 0 Å². The molecule has 0 spiro atoms. The summed E-state index contributed by atoms with van der Waals surface area (Å²) in [5.74, 6) is 0.578. The highest BCUT2D eigenvalue weighted by Crippen LogP contribution is 2.35. The van der Waals surface area contributed by atoms with E-state index in [-0.39, 0.29) is 11.9 Å². The van der Waals surface area contributed by atoms with Crippen LogP contribution in [0.5, 0.6) is 5.75 Å². The molecule has 1 saturated carbocycles. The van der Waals surface area contributed by atoms with Gasteiger partial charge in [-0.15, -0.1) is 0 Å². The third-order valence-electron chi connectivity index (χ3n) is 5.03. The predicted octanol–water partition coefficient (Wildman–Crippen LogP) is 6.25. The van der Waals surface area contributed by atoms with Crippen LogP contribution in [-0.4, -0.2) is 5.97 Å². The van der Waals surface area contributed by atoms with Crippen molar-refractivity contribution in [3.05, 3.63) is 84.9 Å².